The largest absolute Gasteiger partial charge is 0.316 e. The van der Waals surface area contributed by atoms with Crippen molar-refractivity contribution in [2.75, 3.05) is 25.0 Å². The minimum atomic E-state index is 0.0689. The Kier molecular flexibility index (Phi) is 3.96. The monoisotopic (exact) mass is 243 g/mol. The molecule has 1 aliphatic rings. The second kappa shape index (κ2) is 5.65. The van der Waals surface area contributed by atoms with Crippen LogP contribution >= 0.6 is 0 Å². The number of hydrogen-bond acceptors (Lipinski definition) is 3. The number of carbonyl (C=O) groups is 1. The lowest BCUT2D eigenvalue weighted by Gasteiger charge is -2.27. The molecular formula is C14H17N3O. The van der Waals surface area contributed by atoms with Crippen LogP contribution < -0.4 is 10.2 Å². The van der Waals surface area contributed by atoms with E-state index in [1.807, 2.05) is 12.1 Å². The molecule has 0 bridgehead atoms. The number of rotatable bonds is 2. The van der Waals surface area contributed by atoms with Crippen LogP contribution in [0.4, 0.5) is 5.69 Å². The fourth-order valence-electron chi connectivity index (χ4n) is 2.22. The first kappa shape index (κ1) is 12.6. The molecular weight excluding hydrogens is 226 g/mol. The van der Waals surface area contributed by atoms with Gasteiger partial charge in [-0.1, -0.05) is 0 Å². The molecule has 4 nitrogen and oxygen atoms in total. The summed E-state index contributed by atoms with van der Waals surface area (Å²) in [6.07, 6.45) is 2.00. The summed E-state index contributed by atoms with van der Waals surface area (Å²) in [6.45, 7) is 1.77. The SMILES string of the molecule is CN(C(=O)[C@H]1CCCNC1)c1ccc(C#N)cc1. The lowest BCUT2D eigenvalue weighted by Crippen LogP contribution is -2.41. The van der Waals surface area contributed by atoms with E-state index in [0.717, 1.165) is 31.6 Å². The maximum atomic E-state index is 12.3. The van der Waals surface area contributed by atoms with Gasteiger partial charge in [0, 0.05) is 19.3 Å². The van der Waals surface area contributed by atoms with Crippen LogP contribution in [0.3, 0.4) is 0 Å². The Morgan fingerprint density at radius 1 is 1.44 bits per heavy atom. The first-order chi connectivity index (χ1) is 8.72. The average molecular weight is 243 g/mol. The Bertz CT molecular complexity index is 455. The van der Waals surface area contributed by atoms with Gasteiger partial charge in [0.1, 0.15) is 0 Å². The summed E-state index contributed by atoms with van der Waals surface area (Å²) < 4.78 is 0. The standard InChI is InChI=1S/C14H17N3O/c1-17(13-6-4-11(9-15)5-7-13)14(18)12-3-2-8-16-10-12/h4-7,12,16H,2-3,8,10H2,1H3/t12-/m0/s1. The summed E-state index contributed by atoms with van der Waals surface area (Å²) >= 11 is 0. The van der Waals surface area contributed by atoms with E-state index in [1.165, 1.54) is 0 Å². The van der Waals surface area contributed by atoms with Crippen molar-refractivity contribution in [2.45, 2.75) is 12.8 Å². The first-order valence-electron chi connectivity index (χ1n) is 6.21. The van der Waals surface area contributed by atoms with Crippen molar-refractivity contribution >= 4 is 11.6 Å². The highest BCUT2D eigenvalue weighted by Gasteiger charge is 2.24. The van der Waals surface area contributed by atoms with Crippen molar-refractivity contribution in [3.63, 3.8) is 0 Å². The minimum absolute atomic E-state index is 0.0689. The van der Waals surface area contributed by atoms with E-state index in [1.54, 1.807) is 24.1 Å². The molecule has 0 aromatic heterocycles. The topological polar surface area (TPSA) is 56.1 Å². The van der Waals surface area contributed by atoms with Gasteiger partial charge in [0.25, 0.3) is 0 Å². The van der Waals surface area contributed by atoms with Crippen molar-refractivity contribution in [1.29, 1.82) is 5.26 Å². The molecule has 0 unspecified atom stereocenters. The Morgan fingerprint density at radius 3 is 2.72 bits per heavy atom. The quantitative estimate of drug-likeness (QED) is 0.856. The van der Waals surface area contributed by atoms with E-state index in [9.17, 15) is 4.79 Å². The molecule has 1 fully saturated rings. The number of nitrogens with one attached hydrogen (secondary N) is 1. The van der Waals surface area contributed by atoms with E-state index in [4.69, 9.17) is 5.26 Å². The molecule has 1 N–H and O–H groups in total. The smallest absolute Gasteiger partial charge is 0.231 e. The molecule has 1 amide bonds. The van der Waals surface area contributed by atoms with Crippen molar-refractivity contribution in [2.24, 2.45) is 5.92 Å². The molecule has 2 rings (SSSR count). The zero-order valence-corrected chi connectivity index (χ0v) is 10.5. The van der Waals surface area contributed by atoms with Crippen LogP contribution in [0.5, 0.6) is 0 Å². The van der Waals surface area contributed by atoms with Crippen LogP contribution in [-0.4, -0.2) is 26.0 Å². The second-order valence-corrected chi connectivity index (χ2v) is 4.60. The van der Waals surface area contributed by atoms with Gasteiger partial charge in [-0.05, 0) is 43.7 Å². The summed E-state index contributed by atoms with van der Waals surface area (Å²) in [5.74, 6) is 0.214. The highest BCUT2D eigenvalue weighted by molar-refractivity contribution is 5.94. The summed E-state index contributed by atoms with van der Waals surface area (Å²) in [5, 5.41) is 12.0. The summed E-state index contributed by atoms with van der Waals surface area (Å²) in [6, 6.07) is 9.17. The number of nitrogens with zero attached hydrogens (tertiary/aromatic N) is 2. The molecule has 1 aliphatic heterocycles. The van der Waals surface area contributed by atoms with Crippen LogP contribution in [0.15, 0.2) is 24.3 Å². The fraction of sp³-hybridized carbons (Fsp3) is 0.429. The van der Waals surface area contributed by atoms with Gasteiger partial charge in [0.2, 0.25) is 5.91 Å². The number of benzene rings is 1. The first-order valence-corrected chi connectivity index (χ1v) is 6.21. The maximum absolute atomic E-state index is 12.3. The van der Waals surface area contributed by atoms with E-state index >= 15 is 0 Å². The Balaban J connectivity index is 2.07. The van der Waals surface area contributed by atoms with E-state index in [2.05, 4.69) is 11.4 Å². The predicted octanol–water partition coefficient (Wildman–Crippen LogP) is 1.52. The number of piperidine rings is 1. The predicted molar refractivity (Wildman–Crippen MR) is 70.2 cm³/mol. The number of anilines is 1. The highest BCUT2D eigenvalue weighted by Crippen LogP contribution is 2.19. The van der Waals surface area contributed by atoms with Crippen LogP contribution in [-0.2, 0) is 4.79 Å². The van der Waals surface area contributed by atoms with E-state index in [-0.39, 0.29) is 11.8 Å². The van der Waals surface area contributed by atoms with Gasteiger partial charge < -0.3 is 10.2 Å². The lowest BCUT2D eigenvalue weighted by atomic mass is 9.98. The Labute approximate surface area is 107 Å². The fourth-order valence-corrected chi connectivity index (χ4v) is 2.22. The van der Waals surface area contributed by atoms with Gasteiger partial charge in [-0.3, -0.25) is 4.79 Å². The molecule has 0 saturated carbocycles. The van der Waals surface area contributed by atoms with Crippen molar-refractivity contribution < 1.29 is 4.79 Å². The Morgan fingerprint density at radius 2 is 2.17 bits per heavy atom. The number of carbonyl (C=O) groups excluding carboxylic acids is 1. The number of nitriles is 1. The molecule has 1 heterocycles. The molecule has 1 saturated heterocycles. The molecule has 1 aromatic rings. The summed E-state index contributed by atoms with van der Waals surface area (Å²) in [4.78, 5) is 14.0. The molecule has 0 aliphatic carbocycles. The van der Waals surface area contributed by atoms with Gasteiger partial charge in [-0.2, -0.15) is 5.26 Å². The van der Waals surface area contributed by atoms with Gasteiger partial charge in [-0.15, -0.1) is 0 Å². The normalized spacial score (nSPS) is 19.0. The molecule has 4 heteroatoms. The third-order valence-electron chi connectivity index (χ3n) is 3.36. The highest BCUT2D eigenvalue weighted by atomic mass is 16.2. The molecule has 94 valence electrons. The zero-order chi connectivity index (χ0) is 13.0. The molecule has 1 atom stereocenters. The van der Waals surface area contributed by atoms with Crippen molar-refractivity contribution in [3.05, 3.63) is 29.8 Å². The summed E-state index contributed by atoms with van der Waals surface area (Å²) in [5.41, 5.74) is 1.45. The average Bonchev–Trinajstić information content (AvgIpc) is 2.47. The van der Waals surface area contributed by atoms with Crippen LogP contribution in [0, 0.1) is 17.2 Å². The van der Waals surface area contributed by atoms with Crippen LogP contribution in [0.1, 0.15) is 18.4 Å². The second-order valence-electron chi connectivity index (χ2n) is 4.60. The van der Waals surface area contributed by atoms with Crippen molar-refractivity contribution in [1.82, 2.24) is 5.32 Å². The summed E-state index contributed by atoms with van der Waals surface area (Å²) in [7, 11) is 1.79. The molecule has 0 radical (unpaired) electrons. The van der Waals surface area contributed by atoms with E-state index in [0.29, 0.717) is 5.56 Å². The Hall–Kier alpha value is -1.86. The van der Waals surface area contributed by atoms with Gasteiger partial charge in [0.15, 0.2) is 0 Å². The van der Waals surface area contributed by atoms with Crippen molar-refractivity contribution in [3.8, 4) is 6.07 Å². The minimum Gasteiger partial charge on any atom is -0.316 e. The number of hydrogen-bond donors (Lipinski definition) is 1. The zero-order valence-electron chi connectivity index (χ0n) is 10.5. The third kappa shape index (κ3) is 2.69. The van der Waals surface area contributed by atoms with Gasteiger partial charge in [-0.25, -0.2) is 0 Å². The van der Waals surface area contributed by atoms with Crippen LogP contribution in [0.2, 0.25) is 0 Å². The van der Waals surface area contributed by atoms with Gasteiger partial charge in [0.05, 0.1) is 17.6 Å². The third-order valence-corrected chi connectivity index (χ3v) is 3.36. The lowest BCUT2D eigenvalue weighted by molar-refractivity contribution is -0.122. The molecule has 18 heavy (non-hydrogen) atoms. The maximum Gasteiger partial charge on any atom is 0.231 e. The van der Waals surface area contributed by atoms with Gasteiger partial charge >= 0.3 is 0 Å². The van der Waals surface area contributed by atoms with Crippen LogP contribution in [0.25, 0.3) is 0 Å². The molecule has 0 spiro atoms. The molecule has 1 aromatic carbocycles. The van der Waals surface area contributed by atoms with E-state index < -0.39 is 0 Å². The number of amides is 1.